The molecule has 4 nitrogen and oxygen atoms in total. The summed E-state index contributed by atoms with van der Waals surface area (Å²) in [5.41, 5.74) is 1.88. The number of carbonyl (C=O) groups is 2. The minimum atomic E-state index is -0.540. The van der Waals surface area contributed by atoms with Crippen LogP contribution in [-0.2, 0) is 11.3 Å². The van der Waals surface area contributed by atoms with Gasteiger partial charge in [0.1, 0.15) is 6.61 Å². The molecule has 0 radical (unpaired) electrons. The molecule has 0 atom stereocenters. The zero-order valence-corrected chi connectivity index (χ0v) is 13.5. The molecule has 2 aromatic rings. The van der Waals surface area contributed by atoms with Gasteiger partial charge in [0, 0.05) is 23.5 Å². The molecule has 124 valence electrons. The van der Waals surface area contributed by atoms with E-state index in [9.17, 15) is 9.59 Å². The first-order valence-electron chi connectivity index (χ1n) is 7.89. The van der Waals surface area contributed by atoms with Crippen LogP contribution < -0.4 is 0 Å². The van der Waals surface area contributed by atoms with E-state index in [0.717, 1.165) is 5.56 Å². The number of ketones is 1. The summed E-state index contributed by atoms with van der Waals surface area (Å²) in [6.07, 6.45) is 7.60. The van der Waals surface area contributed by atoms with Crippen LogP contribution in [0.2, 0.25) is 0 Å². The first-order chi connectivity index (χ1) is 12.2. The third kappa shape index (κ3) is 4.32. The van der Waals surface area contributed by atoms with E-state index in [4.69, 9.17) is 4.74 Å². The fourth-order valence-corrected chi connectivity index (χ4v) is 2.34. The fourth-order valence-electron chi connectivity index (χ4n) is 2.34. The molecule has 0 saturated carbocycles. The van der Waals surface area contributed by atoms with Crippen LogP contribution in [0, 0.1) is 0 Å². The number of hydrogen-bond donors (Lipinski definition) is 0. The average Bonchev–Trinajstić information content (AvgIpc) is 2.93. The van der Waals surface area contributed by atoms with Crippen molar-refractivity contribution in [3.05, 3.63) is 108 Å². The summed E-state index contributed by atoms with van der Waals surface area (Å²) in [7, 11) is 0. The predicted octanol–water partition coefficient (Wildman–Crippen LogP) is 4.48. The normalized spacial score (nSPS) is 13.1. The number of hydrogen-bond acceptors (Lipinski definition) is 3. The lowest BCUT2D eigenvalue weighted by molar-refractivity contribution is 0.103. The van der Waals surface area contributed by atoms with Gasteiger partial charge in [-0.15, -0.1) is 0 Å². The number of ether oxygens (including phenoxy) is 1. The van der Waals surface area contributed by atoms with Gasteiger partial charge in [0.25, 0.3) is 0 Å². The van der Waals surface area contributed by atoms with E-state index in [2.05, 4.69) is 0 Å². The van der Waals surface area contributed by atoms with Crippen molar-refractivity contribution in [2.24, 2.45) is 0 Å². The zero-order chi connectivity index (χ0) is 17.5. The van der Waals surface area contributed by atoms with E-state index >= 15 is 0 Å². The molecule has 0 aliphatic carbocycles. The van der Waals surface area contributed by atoms with Gasteiger partial charge in [-0.05, 0) is 17.7 Å². The highest BCUT2D eigenvalue weighted by Gasteiger charge is 2.16. The second-order valence-corrected chi connectivity index (χ2v) is 5.43. The second-order valence-electron chi connectivity index (χ2n) is 5.43. The molecule has 0 unspecified atom stereocenters. The molecule has 1 amide bonds. The Bertz CT molecular complexity index is 836. The lowest BCUT2D eigenvalue weighted by atomic mass is 10.0. The number of amides is 1. The van der Waals surface area contributed by atoms with Crippen molar-refractivity contribution in [1.29, 1.82) is 0 Å². The zero-order valence-electron chi connectivity index (χ0n) is 13.5. The monoisotopic (exact) mass is 331 g/mol. The molecule has 3 rings (SSSR count). The molecule has 1 heterocycles. The van der Waals surface area contributed by atoms with Gasteiger partial charge in [-0.2, -0.15) is 0 Å². The third-order valence-corrected chi connectivity index (χ3v) is 3.63. The maximum atomic E-state index is 12.6. The van der Waals surface area contributed by atoms with E-state index in [1.807, 2.05) is 36.4 Å². The molecule has 1 aliphatic heterocycles. The van der Waals surface area contributed by atoms with Gasteiger partial charge in [-0.3, -0.25) is 9.69 Å². The number of benzene rings is 2. The smallest absolute Gasteiger partial charge is 0.418 e. The summed E-state index contributed by atoms with van der Waals surface area (Å²) in [5.74, 6) is -0.151. The second kappa shape index (κ2) is 7.93. The van der Waals surface area contributed by atoms with Crippen LogP contribution in [0.25, 0.3) is 0 Å². The molecule has 0 spiro atoms. The van der Waals surface area contributed by atoms with Crippen molar-refractivity contribution >= 4 is 11.9 Å². The van der Waals surface area contributed by atoms with Crippen LogP contribution in [-0.4, -0.2) is 16.8 Å². The largest absolute Gasteiger partial charge is 0.444 e. The van der Waals surface area contributed by atoms with E-state index in [1.54, 1.807) is 48.7 Å². The maximum Gasteiger partial charge on any atom is 0.418 e. The van der Waals surface area contributed by atoms with Crippen molar-refractivity contribution in [2.75, 3.05) is 0 Å². The Kier molecular flexibility index (Phi) is 5.22. The Morgan fingerprint density at radius 1 is 0.880 bits per heavy atom. The van der Waals surface area contributed by atoms with Crippen molar-refractivity contribution < 1.29 is 14.3 Å². The minimum Gasteiger partial charge on any atom is -0.444 e. The van der Waals surface area contributed by atoms with Gasteiger partial charge < -0.3 is 4.74 Å². The lowest BCUT2D eigenvalue weighted by Crippen LogP contribution is -2.22. The molecule has 0 fully saturated rings. The van der Waals surface area contributed by atoms with Crippen molar-refractivity contribution in [3.8, 4) is 0 Å². The predicted molar refractivity (Wildman–Crippen MR) is 95.6 cm³/mol. The Labute approximate surface area is 146 Å². The van der Waals surface area contributed by atoms with E-state index in [1.165, 1.54) is 11.1 Å². The number of carbonyl (C=O) groups excluding carboxylic acids is 2. The van der Waals surface area contributed by atoms with Crippen LogP contribution in [0.1, 0.15) is 15.9 Å². The van der Waals surface area contributed by atoms with Crippen LogP contribution in [0.5, 0.6) is 0 Å². The number of Topliss-reactive ketones (excluding diaryl/α,β-unsaturated/α-hetero) is 1. The number of rotatable bonds is 4. The molecule has 4 heteroatoms. The molecule has 25 heavy (non-hydrogen) atoms. The van der Waals surface area contributed by atoms with E-state index < -0.39 is 6.09 Å². The van der Waals surface area contributed by atoms with Gasteiger partial charge in [-0.1, -0.05) is 66.7 Å². The molecule has 0 N–H and O–H groups in total. The van der Waals surface area contributed by atoms with Crippen molar-refractivity contribution in [1.82, 2.24) is 4.90 Å². The molecular weight excluding hydrogens is 314 g/mol. The van der Waals surface area contributed by atoms with Gasteiger partial charge >= 0.3 is 6.09 Å². The Hall–Kier alpha value is -3.40. The SMILES string of the molecule is O=C(C1=CN(C(=O)OCc2ccccc2)C=CC=C1)c1ccccc1. The molecule has 0 saturated heterocycles. The van der Waals surface area contributed by atoms with Crippen LogP contribution >= 0.6 is 0 Å². The molecular formula is C21H17NO3. The maximum absolute atomic E-state index is 12.6. The van der Waals surface area contributed by atoms with Crippen molar-refractivity contribution in [3.63, 3.8) is 0 Å². The first-order valence-corrected chi connectivity index (χ1v) is 7.89. The van der Waals surface area contributed by atoms with Crippen molar-refractivity contribution in [2.45, 2.75) is 6.61 Å². The van der Waals surface area contributed by atoms with Crippen LogP contribution in [0.15, 0.2) is 96.9 Å². The highest BCUT2D eigenvalue weighted by molar-refractivity contribution is 6.10. The summed E-state index contributed by atoms with van der Waals surface area (Å²) < 4.78 is 5.31. The molecule has 0 bridgehead atoms. The van der Waals surface area contributed by atoms with Gasteiger partial charge in [-0.25, -0.2) is 4.79 Å². The average molecular weight is 331 g/mol. The van der Waals surface area contributed by atoms with Crippen LogP contribution in [0.4, 0.5) is 4.79 Å². The first kappa shape index (κ1) is 16.5. The van der Waals surface area contributed by atoms with E-state index in [-0.39, 0.29) is 12.4 Å². The molecule has 1 aliphatic rings. The molecule has 0 aromatic heterocycles. The van der Waals surface area contributed by atoms with Gasteiger partial charge in [0.15, 0.2) is 5.78 Å². The standard InChI is InChI=1S/C21H17NO3/c23-20(18-11-5-2-6-12-18)19-13-7-8-14-22(15-19)21(24)25-16-17-9-3-1-4-10-17/h1-15H,16H2. The lowest BCUT2D eigenvalue weighted by Gasteiger charge is -2.14. The Morgan fingerprint density at radius 3 is 2.28 bits per heavy atom. The number of nitrogens with zero attached hydrogens (tertiary/aromatic N) is 1. The Morgan fingerprint density at radius 2 is 1.56 bits per heavy atom. The number of allylic oxidation sites excluding steroid dienone is 4. The summed E-state index contributed by atoms with van der Waals surface area (Å²) in [4.78, 5) is 26.1. The highest BCUT2D eigenvalue weighted by Crippen LogP contribution is 2.15. The highest BCUT2D eigenvalue weighted by atomic mass is 16.6. The third-order valence-electron chi connectivity index (χ3n) is 3.63. The topological polar surface area (TPSA) is 46.6 Å². The summed E-state index contributed by atoms with van der Waals surface area (Å²) in [5, 5.41) is 0. The van der Waals surface area contributed by atoms with E-state index in [0.29, 0.717) is 11.1 Å². The minimum absolute atomic E-state index is 0.151. The summed E-state index contributed by atoms with van der Waals surface area (Å²) in [6.45, 7) is 0.174. The fraction of sp³-hybridized carbons (Fsp3) is 0.0476. The summed E-state index contributed by atoms with van der Waals surface area (Å²) in [6, 6.07) is 18.4. The summed E-state index contributed by atoms with van der Waals surface area (Å²) >= 11 is 0. The van der Waals surface area contributed by atoms with Gasteiger partial charge in [0.2, 0.25) is 0 Å². The quantitative estimate of drug-likeness (QED) is 0.776. The molecule has 2 aromatic carbocycles. The van der Waals surface area contributed by atoms with Crippen LogP contribution in [0.3, 0.4) is 0 Å². The Balaban J connectivity index is 1.72. The van der Waals surface area contributed by atoms with Gasteiger partial charge in [0.05, 0.1) is 0 Å².